The number of hydrogen-bond donors (Lipinski definition) is 1. The van der Waals surface area contributed by atoms with Gasteiger partial charge in [-0.2, -0.15) is 0 Å². The molecule has 1 aromatic heterocycles. The van der Waals surface area contributed by atoms with Gasteiger partial charge in [0.1, 0.15) is 0 Å². The van der Waals surface area contributed by atoms with Crippen LogP contribution in [0.3, 0.4) is 0 Å². The Morgan fingerprint density at radius 2 is 1.82 bits per heavy atom. The quantitative estimate of drug-likeness (QED) is 0.813. The highest BCUT2D eigenvalue weighted by Crippen LogP contribution is 2.23. The highest BCUT2D eigenvalue weighted by atomic mass is 79.9. The molecule has 0 bridgehead atoms. The molecule has 2 rings (SSSR count). The minimum Gasteiger partial charge on any atom is -0.380 e. The third kappa shape index (κ3) is 3.58. The highest BCUT2D eigenvalue weighted by Gasteiger charge is 2.00. The van der Waals surface area contributed by atoms with Crippen LogP contribution in [0.4, 0.5) is 5.69 Å². The minimum atomic E-state index is 0.595. The zero-order valence-corrected chi connectivity index (χ0v) is 12.4. The Morgan fingerprint density at radius 1 is 1.12 bits per heavy atom. The van der Waals surface area contributed by atoms with E-state index in [4.69, 9.17) is 0 Å². The van der Waals surface area contributed by atoms with Crippen molar-refractivity contribution in [1.29, 1.82) is 0 Å². The van der Waals surface area contributed by atoms with Crippen LogP contribution in [0.2, 0.25) is 0 Å². The lowest BCUT2D eigenvalue weighted by Crippen LogP contribution is -1.97. The Balaban J connectivity index is 1.95. The van der Waals surface area contributed by atoms with E-state index in [9.17, 15) is 0 Å². The molecule has 1 aromatic carbocycles. The second kappa shape index (κ2) is 5.69. The number of rotatable bonds is 4. The molecule has 0 spiro atoms. The summed E-state index contributed by atoms with van der Waals surface area (Å²) >= 11 is 5.24. The lowest BCUT2D eigenvalue weighted by molar-refractivity contribution is 0.867. The third-order valence-corrected chi connectivity index (χ3v) is 4.30. The summed E-state index contributed by atoms with van der Waals surface area (Å²) in [6, 6.07) is 12.9. The minimum absolute atomic E-state index is 0.595. The molecule has 90 valence electrons. The van der Waals surface area contributed by atoms with Crippen molar-refractivity contribution in [2.45, 2.75) is 26.3 Å². The van der Waals surface area contributed by atoms with E-state index >= 15 is 0 Å². The Bertz CT molecular complexity index is 473. The van der Waals surface area contributed by atoms with Gasteiger partial charge in [0.05, 0.1) is 3.79 Å². The number of hydrogen-bond acceptors (Lipinski definition) is 2. The summed E-state index contributed by atoms with van der Waals surface area (Å²) in [6.07, 6.45) is 0. The number of benzene rings is 1. The van der Waals surface area contributed by atoms with Crippen LogP contribution < -0.4 is 5.32 Å². The molecule has 0 radical (unpaired) electrons. The molecule has 0 amide bonds. The molecular weight excluding hydrogens is 294 g/mol. The van der Waals surface area contributed by atoms with E-state index < -0.39 is 0 Å². The lowest BCUT2D eigenvalue weighted by Gasteiger charge is -2.08. The normalized spacial score (nSPS) is 10.8. The topological polar surface area (TPSA) is 12.0 Å². The van der Waals surface area contributed by atoms with Crippen molar-refractivity contribution < 1.29 is 0 Å². The molecule has 1 nitrogen and oxygen atoms in total. The molecule has 0 unspecified atom stereocenters. The fraction of sp³-hybridized carbons (Fsp3) is 0.286. The van der Waals surface area contributed by atoms with Crippen molar-refractivity contribution in [3.63, 3.8) is 0 Å². The first kappa shape index (κ1) is 12.7. The predicted molar refractivity (Wildman–Crippen MR) is 79.9 cm³/mol. The molecule has 1 N–H and O–H groups in total. The molecule has 3 heteroatoms. The molecular formula is C14H16BrNS. The van der Waals surface area contributed by atoms with E-state index in [0.717, 1.165) is 6.54 Å². The van der Waals surface area contributed by atoms with Crippen LogP contribution in [0.1, 0.15) is 30.2 Å². The van der Waals surface area contributed by atoms with Crippen LogP contribution in [0.25, 0.3) is 0 Å². The Kier molecular flexibility index (Phi) is 4.24. The van der Waals surface area contributed by atoms with Crippen LogP contribution in [0.5, 0.6) is 0 Å². The molecule has 0 atom stereocenters. The molecule has 0 fully saturated rings. The van der Waals surface area contributed by atoms with Gasteiger partial charge in [-0.05, 0) is 51.7 Å². The second-order valence-corrected chi connectivity index (χ2v) is 6.88. The predicted octanol–water partition coefficient (Wildman–Crippen LogP) is 5.25. The maximum Gasteiger partial charge on any atom is 0.0702 e. The number of thiophene rings is 1. The zero-order valence-electron chi connectivity index (χ0n) is 10.0. The molecule has 0 aliphatic heterocycles. The first-order chi connectivity index (χ1) is 8.15. The summed E-state index contributed by atoms with van der Waals surface area (Å²) in [5.41, 5.74) is 2.56. The van der Waals surface area contributed by atoms with Crippen LogP contribution in [-0.4, -0.2) is 0 Å². The standard InChI is InChI=1S/C14H16BrNS/c1-10(2)11-3-5-12(6-4-11)16-9-13-7-8-14(15)17-13/h3-8,10,16H,9H2,1-2H3. The Morgan fingerprint density at radius 3 is 2.35 bits per heavy atom. The van der Waals surface area contributed by atoms with E-state index in [-0.39, 0.29) is 0 Å². The molecule has 1 heterocycles. The first-order valence-corrected chi connectivity index (χ1v) is 7.34. The van der Waals surface area contributed by atoms with Gasteiger partial charge in [-0.1, -0.05) is 26.0 Å². The number of anilines is 1. The summed E-state index contributed by atoms with van der Waals surface area (Å²) in [5.74, 6) is 0.595. The molecule has 0 saturated carbocycles. The van der Waals surface area contributed by atoms with Gasteiger partial charge < -0.3 is 5.32 Å². The smallest absolute Gasteiger partial charge is 0.0702 e. The monoisotopic (exact) mass is 309 g/mol. The SMILES string of the molecule is CC(C)c1ccc(NCc2ccc(Br)s2)cc1. The van der Waals surface area contributed by atoms with E-state index in [0.29, 0.717) is 5.92 Å². The van der Waals surface area contributed by atoms with Gasteiger partial charge in [-0.15, -0.1) is 11.3 Å². The third-order valence-electron chi connectivity index (χ3n) is 2.67. The Hall–Kier alpha value is -0.800. The summed E-state index contributed by atoms with van der Waals surface area (Å²) in [4.78, 5) is 1.34. The van der Waals surface area contributed by atoms with Crippen molar-refractivity contribution in [2.24, 2.45) is 0 Å². The highest BCUT2D eigenvalue weighted by molar-refractivity contribution is 9.11. The van der Waals surface area contributed by atoms with Gasteiger partial charge in [0, 0.05) is 17.1 Å². The van der Waals surface area contributed by atoms with Gasteiger partial charge >= 0.3 is 0 Å². The average Bonchev–Trinajstić information content (AvgIpc) is 2.73. The Labute approximate surface area is 115 Å². The van der Waals surface area contributed by atoms with Gasteiger partial charge in [0.2, 0.25) is 0 Å². The van der Waals surface area contributed by atoms with Gasteiger partial charge in [0.15, 0.2) is 0 Å². The van der Waals surface area contributed by atoms with Gasteiger partial charge in [0.25, 0.3) is 0 Å². The number of nitrogens with one attached hydrogen (secondary N) is 1. The molecule has 17 heavy (non-hydrogen) atoms. The van der Waals surface area contributed by atoms with Gasteiger partial charge in [-0.3, -0.25) is 0 Å². The van der Waals surface area contributed by atoms with E-state index in [1.165, 1.54) is 19.9 Å². The summed E-state index contributed by atoms with van der Waals surface area (Å²) in [7, 11) is 0. The number of halogens is 1. The fourth-order valence-corrected chi connectivity index (χ4v) is 3.04. The lowest BCUT2D eigenvalue weighted by atomic mass is 10.0. The van der Waals surface area contributed by atoms with Crippen molar-refractivity contribution >= 4 is 33.0 Å². The van der Waals surface area contributed by atoms with Crippen molar-refractivity contribution in [3.8, 4) is 0 Å². The van der Waals surface area contributed by atoms with Crippen LogP contribution in [0, 0.1) is 0 Å². The molecule has 2 aromatic rings. The van der Waals surface area contributed by atoms with E-state index in [1.54, 1.807) is 11.3 Å². The van der Waals surface area contributed by atoms with E-state index in [2.05, 4.69) is 71.5 Å². The largest absolute Gasteiger partial charge is 0.380 e. The van der Waals surface area contributed by atoms with Gasteiger partial charge in [-0.25, -0.2) is 0 Å². The maximum atomic E-state index is 3.47. The van der Waals surface area contributed by atoms with Crippen LogP contribution in [0.15, 0.2) is 40.2 Å². The average molecular weight is 310 g/mol. The van der Waals surface area contributed by atoms with Crippen molar-refractivity contribution in [2.75, 3.05) is 5.32 Å². The first-order valence-electron chi connectivity index (χ1n) is 5.73. The summed E-state index contributed by atoms with van der Waals surface area (Å²) in [6.45, 7) is 5.31. The van der Waals surface area contributed by atoms with Crippen LogP contribution in [-0.2, 0) is 6.54 Å². The fourth-order valence-electron chi connectivity index (χ4n) is 1.62. The molecule has 0 aliphatic carbocycles. The zero-order chi connectivity index (χ0) is 12.3. The van der Waals surface area contributed by atoms with E-state index in [1.807, 2.05) is 0 Å². The maximum absolute atomic E-state index is 3.47. The summed E-state index contributed by atoms with van der Waals surface area (Å²) in [5, 5.41) is 3.43. The summed E-state index contributed by atoms with van der Waals surface area (Å²) < 4.78 is 1.18. The molecule has 0 saturated heterocycles. The van der Waals surface area contributed by atoms with Crippen LogP contribution >= 0.6 is 27.3 Å². The van der Waals surface area contributed by atoms with Crippen molar-refractivity contribution in [1.82, 2.24) is 0 Å². The molecule has 0 aliphatic rings. The second-order valence-electron chi connectivity index (χ2n) is 4.34. The van der Waals surface area contributed by atoms with Crippen molar-refractivity contribution in [3.05, 3.63) is 50.6 Å².